The predicted octanol–water partition coefficient (Wildman–Crippen LogP) is 3.50. The highest BCUT2D eigenvalue weighted by Crippen LogP contribution is 2.42. The van der Waals surface area contributed by atoms with Gasteiger partial charge in [-0.25, -0.2) is 0 Å². The third-order valence-electron chi connectivity index (χ3n) is 5.65. The van der Waals surface area contributed by atoms with E-state index < -0.39 is 0 Å². The van der Waals surface area contributed by atoms with Crippen LogP contribution in [0.3, 0.4) is 0 Å². The second kappa shape index (κ2) is 5.50. The van der Waals surface area contributed by atoms with Gasteiger partial charge in [0.15, 0.2) is 0 Å². The van der Waals surface area contributed by atoms with Crippen LogP contribution in [0.2, 0.25) is 0 Å². The summed E-state index contributed by atoms with van der Waals surface area (Å²) in [6.45, 7) is 4.41. The maximum Gasteiger partial charge on any atom is 0.0838 e. The van der Waals surface area contributed by atoms with Gasteiger partial charge in [-0.1, -0.05) is 32.6 Å². The number of ether oxygens (including phenoxy) is 1. The minimum absolute atomic E-state index is 0.192. The molecule has 1 heterocycles. The summed E-state index contributed by atoms with van der Waals surface area (Å²) >= 11 is 0. The Morgan fingerprint density at radius 1 is 1.00 bits per heavy atom. The van der Waals surface area contributed by atoms with Gasteiger partial charge in [-0.15, -0.1) is 0 Å². The Morgan fingerprint density at radius 3 is 2.67 bits per heavy atom. The van der Waals surface area contributed by atoms with Crippen molar-refractivity contribution in [2.75, 3.05) is 13.2 Å². The van der Waals surface area contributed by atoms with Crippen molar-refractivity contribution in [1.82, 2.24) is 5.32 Å². The topological polar surface area (TPSA) is 21.3 Å². The van der Waals surface area contributed by atoms with Gasteiger partial charge in [-0.2, -0.15) is 0 Å². The predicted molar refractivity (Wildman–Crippen MR) is 74.7 cm³/mol. The first-order chi connectivity index (χ1) is 8.80. The Bertz CT molecular complexity index is 274. The highest BCUT2D eigenvalue weighted by molar-refractivity contribution is 5.01. The SMILES string of the molecule is CC1CCCC2(CC1)OCCNC2C1CCCC1. The fourth-order valence-corrected chi connectivity index (χ4v) is 4.60. The highest BCUT2D eigenvalue weighted by atomic mass is 16.5. The summed E-state index contributed by atoms with van der Waals surface area (Å²) in [5.74, 6) is 1.79. The van der Waals surface area contributed by atoms with Crippen molar-refractivity contribution in [3.63, 3.8) is 0 Å². The summed E-state index contributed by atoms with van der Waals surface area (Å²) in [5, 5.41) is 3.84. The Kier molecular flexibility index (Phi) is 3.95. The van der Waals surface area contributed by atoms with Gasteiger partial charge in [0, 0.05) is 12.6 Å². The maximum absolute atomic E-state index is 6.40. The Hall–Kier alpha value is -0.0800. The fourth-order valence-electron chi connectivity index (χ4n) is 4.60. The number of hydrogen-bond acceptors (Lipinski definition) is 2. The van der Waals surface area contributed by atoms with Crippen LogP contribution in [0.5, 0.6) is 0 Å². The van der Waals surface area contributed by atoms with Gasteiger partial charge in [0.05, 0.1) is 12.2 Å². The van der Waals surface area contributed by atoms with Gasteiger partial charge in [0.1, 0.15) is 0 Å². The second-order valence-electron chi connectivity index (χ2n) is 6.93. The molecule has 2 nitrogen and oxygen atoms in total. The summed E-state index contributed by atoms with van der Waals surface area (Å²) in [7, 11) is 0. The molecule has 0 bridgehead atoms. The number of nitrogens with one attached hydrogen (secondary N) is 1. The van der Waals surface area contributed by atoms with Crippen molar-refractivity contribution in [3.8, 4) is 0 Å². The zero-order chi connectivity index (χ0) is 12.4. The van der Waals surface area contributed by atoms with Crippen molar-refractivity contribution in [2.45, 2.75) is 76.4 Å². The first-order valence-corrected chi connectivity index (χ1v) is 8.17. The Morgan fingerprint density at radius 2 is 1.83 bits per heavy atom. The summed E-state index contributed by atoms with van der Waals surface area (Å²) in [6, 6.07) is 0.652. The van der Waals surface area contributed by atoms with Crippen molar-refractivity contribution in [1.29, 1.82) is 0 Å². The number of morpholine rings is 1. The molecule has 3 fully saturated rings. The van der Waals surface area contributed by atoms with Crippen LogP contribution < -0.4 is 5.32 Å². The molecule has 2 heteroatoms. The smallest absolute Gasteiger partial charge is 0.0838 e. The van der Waals surface area contributed by atoms with Gasteiger partial charge in [0.2, 0.25) is 0 Å². The average Bonchev–Trinajstić information content (AvgIpc) is 2.84. The third kappa shape index (κ3) is 2.46. The molecule has 3 unspecified atom stereocenters. The molecule has 0 aromatic rings. The minimum atomic E-state index is 0.192. The average molecular weight is 251 g/mol. The number of hydrogen-bond donors (Lipinski definition) is 1. The number of rotatable bonds is 1. The van der Waals surface area contributed by atoms with Gasteiger partial charge in [-0.3, -0.25) is 0 Å². The van der Waals surface area contributed by atoms with Crippen LogP contribution in [0, 0.1) is 11.8 Å². The van der Waals surface area contributed by atoms with Crippen LogP contribution in [0.1, 0.15) is 64.7 Å². The van der Waals surface area contributed by atoms with E-state index in [1.807, 2.05) is 0 Å². The summed E-state index contributed by atoms with van der Waals surface area (Å²) in [4.78, 5) is 0. The van der Waals surface area contributed by atoms with Crippen LogP contribution in [0.15, 0.2) is 0 Å². The normalized spacial score (nSPS) is 43.2. The zero-order valence-electron chi connectivity index (χ0n) is 11.9. The molecule has 1 spiro atoms. The molecule has 1 N–H and O–H groups in total. The Balaban J connectivity index is 1.76. The molecule has 1 saturated heterocycles. The summed E-state index contributed by atoms with van der Waals surface area (Å²) in [6.07, 6.45) is 12.5. The van der Waals surface area contributed by atoms with Gasteiger partial charge in [0.25, 0.3) is 0 Å². The van der Waals surface area contributed by atoms with Gasteiger partial charge in [-0.05, 0) is 43.9 Å². The van der Waals surface area contributed by atoms with E-state index in [2.05, 4.69) is 12.2 Å². The van der Waals surface area contributed by atoms with Gasteiger partial charge < -0.3 is 10.1 Å². The van der Waals surface area contributed by atoms with Crippen LogP contribution in [-0.2, 0) is 4.74 Å². The van der Waals surface area contributed by atoms with E-state index in [0.29, 0.717) is 6.04 Å². The molecule has 0 amide bonds. The fraction of sp³-hybridized carbons (Fsp3) is 1.00. The maximum atomic E-state index is 6.40. The molecule has 0 aromatic heterocycles. The van der Waals surface area contributed by atoms with E-state index in [-0.39, 0.29) is 5.60 Å². The lowest BCUT2D eigenvalue weighted by Gasteiger charge is -2.47. The zero-order valence-corrected chi connectivity index (χ0v) is 11.9. The molecule has 1 aliphatic heterocycles. The van der Waals surface area contributed by atoms with E-state index in [0.717, 1.165) is 25.0 Å². The molecule has 2 saturated carbocycles. The van der Waals surface area contributed by atoms with E-state index in [1.54, 1.807) is 0 Å². The van der Waals surface area contributed by atoms with Crippen molar-refractivity contribution in [3.05, 3.63) is 0 Å². The quantitative estimate of drug-likeness (QED) is 0.770. The monoisotopic (exact) mass is 251 g/mol. The third-order valence-corrected chi connectivity index (χ3v) is 5.65. The lowest BCUT2D eigenvalue weighted by molar-refractivity contribution is -0.119. The molecule has 3 aliphatic rings. The summed E-state index contributed by atoms with van der Waals surface area (Å²) in [5.41, 5.74) is 0.192. The van der Waals surface area contributed by atoms with Crippen LogP contribution in [0.4, 0.5) is 0 Å². The first-order valence-electron chi connectivity index (χ1n) is 8.17. The molecule has 3 rings (SSSR count). The lowest BCUT2D eigenvalue weighted by atomic mass is 9.77. The molecule has 0 aromatic carbocycles. The Labute approximate surface area is 112 Å². The van der Waals surface area contributed by atoms with Crippen molar-refractivity contribution in [2.24, 2.45) is 11.8 Å². The van der Waals surface area contributed by atoms with E-state index >= 15 is 0 Å². The molecular formula is C16H29NO. The largest absolute Gasteiger partial charge is 0.372 e. The molecule has 18 heavy (non-hydrogen) atoms. The minimum Gasteiger partial charge on any atom is -0.372 e. The molecule has 3 atom stereocenters. The van der Waals surface area contributed by atoms with Crippen LogP contribution >= 0.6 is 0 Å². The summed E-state index contributed by atoms with van der Waals surface area (Å²) < 4.78 is 6.40. The molecule has 0 radical (unpaired) electrons. The lowest BCUT2D eigenvalue weighted by Crippen LogP contribution is -2.60. The molecule has 104 valence electrons. The highest BCUT2D eigenvalue weighted by Gasteiger charge is 2.46. The van der Waals surface area contributed by atoms with E-state index in [4.69, 9.17) is 4.74 Å². The molecule has 2 aliphatic carbocycles. The van der Waals surface area contributed by atoms with Gasteiger partial charge >= 0.3 is 0 Å². The molecular weight excluding hydrogens is 222 g/mol. The van der Waals surface area contributed by atoms with E-state index in [1.165, 1.54) is 57.8 Å². The van der Waals surface area contributed by atoms with Crippen LogP contribution in [-0.4, -0.2) is 24.8 Å². The van der Waals surface area contributed by atoms with E-state index in [9.17, 15) is 0 Å². The van der Waals surface area contributed by atoms with Crippen LogP contribution in [0.25, 0.3) is 0 Å². The van der Waals surface area contributed by atoms with Crippen molar-refractivity contribution >= 4 is 0 Å². The second-order valence-corrected chi connectivity index (χ2v) is 6.93. The standard InChI is InChI=1S/C16H29NO/c1-13-5-4-9-16(10-8-13)15(17-11-12-18-16)14-6-2-3-7-14/h13-15,17H,2-12H2,1H3. The van der Waals surface area contributed by atoms with Crippen molar-refractivity contribution < 1.29 is 4.74 Å². The first kappa shape index (κ1) is 12.9.